The molecule has 3 heterocycles. The number of carboxylic acid groups (broad SMARTS) is 1. The highest BCUT2D eigenvalue weighted by molar-refractivity contribution is 6.12. The molecule has 3 aliphatic rings. The fourth-order valence-corrected chi connectivity index (χ4v) is 15.7. The molecular weight excluding hydrogens is 1620 g/mol. The van der Waals surface area contributed by atoms with Gasteiger partial charge in [-0.05, 0) is 326 Å². The van der Waals surface area contributed by atoms with Crippen LogP contribution in [0.4, 0.5) is 39.8 Å². The number of rotatable bonds is 25. The van der Waals surface area contributed by atoms with E-state index in [4.69, 9.17) is 19.9 Å². The predicted molar refractivity (Wildman–Crippen MR) is 517 cm³/mol. The number of ether oxygens (including phenoxy) is 3. The van der Waals surface area contributed by atoms with Crippen LogP contribution in [0.5, 0.6) is 11.5 Å². The monoisotopic (exact) mass is 1740 g/mol. The number of nitrogens with one attached hydrogen (secondary N) is 3. The lowest BCUT2D eigenvalue weighted by Gasteiger charge is -2.29. The second-order valence-corrected chi connectivity index (χ2v) is 36.2. The van der Waals surface area contributed by atoms with Crippen LogP contribution >= 0.6 is 0 Å². The summed E-state index contributed by atoms with van der Waals surface area (Å²) in [5.41, 5.74) is 20.5. The zero-order valence-electron chi connectivity index (χ0n) is 76.3. The smallest absolute Gasteiger partial charge is 0.340 e. The topological polar surface area (TPSA) is 280 Å². The molecule has 0 aliphatic carbocycles. The van der Waals surface area contributed by atoms with Gasteiger partial charge in [0.25, 0.3) is 17.7 Å². The van der Waals surface area contributed by atoms with Crippen molar-refractivity contribution < 1.29 is 63.1 Å². The molecule has 0 atom stereocenters. The molecule has 11 aromatic rings. The first-order valence-corrected chi connectivity index (χ1v) is 45.1. The van der Waals surface area contributed by atoms with Crippen LogP contribution in [-0.2, 0) is 65.6 Å². The van der Waals surface area contributed by atoms with Crippen LogP contribution in [-0.4, -0.2) is 113 Å². The zero-order valence-corrected chi connectivity index (χ0v) is 76.3. The van der Waals surface area contributed by atoms with Crippen molar-refractivity contribution in [3.63, 3.8) is 0 Å². The maximum atomic E-state index is 13.5. The van der Waals surface area contributed by atoms with Gasteiger partial charge in [-0.25, -0.2) is 19.2 Å². The largest absolute Gasteiger partial charge is 0.507 e. The molecule has 14 rings (SSSR count). The molecular formula is C109H125N7O13. The van der Waals surface area contributed by atoms with Gasteiger partial charge in [0.1, 0.15) is 28.3 Å². The number of hydrogen-bond acceptors (Lipinski definition) is 16. The molecule has 3 saturated heterocycles. The first kappa shape index (κ1) is 96.2. The summed E-state index contributed by atoms with van der Waals surface area (Å²) in [7, 11) is 0. The highest BCUT2D eigenvalue weighted by Crippen LogP contribution is 2.34. The van der Waals surface area contributed by atoms with Crippen molar-refractivity contribution in [2.75, 3.05) is 75.7 Å². The standard InChI is InChI=1S/C32H38N2O3.C31H36N2O4.C27H28N2O4.C19H23NO2/c1-23-13-17-26(34-19-9-6-10-20-34)22-28(23)30(35)33-29-21-25(15-14-24-11-7-5-8-12-24)16-18-27(29)31(36)37-32(2,3)4;1-31(2,3)37-30(36)25-16-14-23(13-12-22-10-6-4-7-11-22)20-27(25)32-29(35)26-21-24(15-17-28(26)34)33-18-8-5-9-19-33;30-25-14-12-21(29-15-5-2-6-16-29)18-23(25)26(31)28-24-17-20(11-13-22(24)27(32)33)10-9-19-7-3-1-4-8-19;1-19(2,3)22-18(21)16-12-11-15(13-17(16)20)10-9-14-7-5-4-6-8-14/h5,7-8,11-13,16-18,21-22H,6,9-10,14-15,19-20H2,1-4H3,(H,33,35);4,6-7,10-11,14-17,20-21,34H,5,8-9,12-13,18-19H2,1-3H3,(H,32,35);1,3-4,7-8,11-14,17-18,30H,2,5-6,9-10,15-16H2,(H,28,31)(H,32,33);4-8,11-13H,9-10,20H2,1-3H3. The summed E-state index contributed by atoms with van der Waals surface area (Å²) in [5, 5.41) is 39.1. The summed E-state index contributed by atoms with van der Waals surface area (Å²) in [6.45, 7) is 24.1. The van der Waals surface area contributed by atoms with Crippen molar-refractivity contribution in [2.45, 2.75) is 195 Å². The Balaban J connectivity index is 0.000000169. The van der Waals surface area contributed by atoms with Crippen LogP contribution in [0.2, 0.25) is 0 Å². The number of amides is 3. The van der Waals surface area contributed by atoms with E-state index < -0.39 is 46.5 Å². The third-order valence-corrected chi connectivity index (χ3v) is 22.5. The Morgan fingerprint density at radius 3 is 0.876 bits per heavy atom. The van der Waals surface area contributed by atoms with Gasteiger partial charge in [-0.15, -0.1) is 0 Å². The van der Waals surface area contributed by atoms with E-state index in [1.807, 2.05) is 215 Å². The number of carboxylic acids is 1. The average molecular weight is 1740 g/mol. The lowest BCUT2D eigenvalue weighted by atomic mass is 10.0. The van der Waals surface area contributed by atoms with Crippen molar-refractivity contribution in [2.24, 2.45) is 0 Å². The van der Waals surface area contributed by atoms with Gasteiger partial charge in [0.15, 0.2) is 0 Å². The Morgan fingerprint density at radius 1 is 0.302 bits per heavy atom. The van der Waals surface area contributed by atoms with Crippen LogP contribution in [0.15, 0.2) is 249 Å². The van der Waals surface area contributed by atoms with Gasteiger partial charge in [0, 0.05) is 67.6 Å². The maximum Gasteiger partial charge on any atom is 0.340 e. The highest BCUT2D eigenvalue weighted by Gasteiger charge is 2.28. The number of carbonyl (C=O) groups excluding carboxylic acids is 6. The summed E-state index contributed by atoms with van der Waals surface area (Å²) < 4.78 is 16.6. The number of phenols is 2. The van der Waals surface area contributed by atoms with Gasteiger partial charge in [0.2, 0.25) is 0 Å². The third kappa shape index (κ3) is 29.8. The van der Waals surface area contributed by atoms with E-state index in [-0.39, 0.29) is 51.3 Å². The van der Waals surface area contributed by atoms with Crippen molar-refractivity contribution in [3.05, 3.63) is 338 Å². The minimum Gasteiger partial charge on any atom is -0.507 e. The minimum absolute atomic E-state index is 0.0125. The van der Waals surface area contributed by atoms with Gasteiger partial charge in [-0.1, -0.05) is 152 Å². The molecule has 3 aliphatic heterocycles. The Hall–Kier alpha value is -13.5. The van der Waals surface area contributed by atoms with E-state index in [1.165, 1.54) is 66.5 Å². The number of anilines is 7. The quantitative estimate of drug-likeness (QED) is 0.0159. The molecule has 0 unspecified atom stereocenters. The number of phenolic OH excluding ortho intramolecular Hbond substituents is 2. The number of piperidine rings is 3. The van der Waals surface area contributed by atoms with Gasteiger partial charge < -0.3 is 65.9 Å². The SMILES string of the molecule is CC(C)(C)OC(=O)c1ccc(CCc2ccccc2)cc1N.CC(C)(C)OC(=O)c1ccc(CCc2ccccc2)cc1NC(=O)c1cc(N2CCCCC2)ccc1O.Cc1ccc(N2CCCCC2)cc1C(=O)Nc1cc(CCc2ccccc2)ccc1C(=O)OC(C)(C)C.O=C(Nc1cc(CCc2ccccc2)ccc1C(=O)O)c1cc(N2CCCCC2)ccc1O. The van der Waals surface area contributed by atoms with E-state index in [1.54, 1.807) is 48.5 Å². The number of aromatic carboxylic acids is 1. The molecule has 20 heteroatoms. The Bertz CT molecular complexity index is 5430. The van der Waals surface area contributed by atoms with Gasteiger partial charge in [-0.2, -0.15) is 0 Å². The summed E-state index contributed by atoms with van der Waals surface area (Å²) >= 11 is 0. The Kier molecular flexibility index (Phi) is 34.1. The van der Waals surface area contributed by atoms with E-state index in [0.29, 0.717) is 40.2 Å². The van der Waals surface area contributed by atoms with Crippen LogP contribution in [0, 0.1) is 6.92 Å². The van der Waals surface area contributed by atoms with Crippen LogP contribution in [0.25, 0.3) is 0 Å². The van der Waals surface area contributed by atoms with Crippen LogP contribution in [0.1, 0.15) is 243 Å². The Morgan fingerprint density at radius 2 is 0.566 bits per heavy atom. The first-order chi connectivity index (χ1) is 61.7. The normalized spacial score (nSPS) is 13.3. The van der Waals surface area contributed by atoms with Crippen molar-refractivity contribution in [3.8, 4) is 11.5 Å². The second-order valence-electron chi connectivity index (χ2n) is 36.2. The maximum absolute atomic E-state index is 13.5. The molecule has 0 radical (unpaired) electrons. The lowest BCUT2D eigenvalue weighted by Crippen LogP contribution is -2.29. The third-order valence-electron chi connectivity index (χ3n) is 22.5. The molecule has 8 N–H and O–H groups in total. The number of nitrogen functional groups attached to an aromatic ring is 1. The fourth-order valence-electron chi connectivity index (χ4n) is 15.7. The molecule has 0 aromatic heterocycles. The number of aryl methyl sites for hydroxylation is 9. The molecule has 20 nitrogen and oxygen atoms in total. The van der Waals surface area contributed by atoms with Crippen molar-refractivity contribution >= 4 is 81.4 Å². The fraction of sp³-hybridized carbons (Fsp3) is 0.330. The van der Waals surface area contributed by atoms with E-state index >= 15 is 0 Å². The number of benzene rings is 11. The minimum atomic E-state index is -1.12. The van der Waals surface area contributed by atoms with Crippen molar-refractivity contribution in [1.29, 1.82) is 0 Å². The van der Waals surface area contributed by atoms with Crippen LogP contribution < -0.4 is 36.4 Å². The average Bonchev–Trinajstić information content (AvgIpc) is 0.807. The molecule has 11 aromatic carbocycles. The van der Waals surface area contributed by atoms with Gasteiger partial charge in [0.05, 0.1) is 50.4 Å². The highest BCUT2D eigenvalue weighted by atomic mass is 16.6. The van der Waals surface area contributed by atoms with Gasteiger partial charge in [-0.3, -0.25) is 14.4 Å². The second kappa shape index (κ2) is 45.8. The molecule has 129 heavy (non-hydrogen) atoms. The van der Waals surface area contributed by atoms with E-state index in [9.17, 15) is 48.9 Å². The molecule has 0 bridgehead atoms. The zero-order chi connectivity index (χ0) is 92.2. The number of nitrogens with zero attached hydrogens (tertiary/aromatic N) is 3. The number of aromatic hydroxyl groups is 2. The number of carbonyl (C=O) groups is 7. The summed E-state index contributed by atoms with van der Waals surface area (Å²) in [4.78, 5) is 96.6. The van der Waals surface area contributed by atoms with E-state index in [2.05, 4.69) is 73.1 Å². The Labute approximate surface area is 760 Å². The van der Waals surface area contributed by atoms with E-state index in [0.717, 1.165) is 155 Å². The predicted octanol–water partition coefficient (Wildman–Crippen LogP) is 22.5. The number of nitrogens with two attached hydrogens (primary N) is 1. The molecule has 0 saturated carbocycles. The molecule has 3 amide bonds. The summed E-state index contributed by atoms with van der Waals surface area (Å²) in [5.74, 6) is -3.91. The first-order valence-electron chi connectivity index (χ1n) is 45.1. The summed E-state index contributed by atoms with van der Waals surface area (Å²) in [6.07, 6.45) is 17.0. The number of esters is 3. The van der Waals surface area contributed by atoms with Gasteiger partial charge >= 0.3 is 23.9 Å². The lowest BCUT2D eigenvalue weighted by molar-refractivity contribution is 0.00580. The molecule has 0 spiro atoms. The molecule has 3 fully saturated rings. The summed E-state index contributed by atoms with van der Waals surface area (Å²) in [6, 6.07) is 78.6. The van der Waals surface area contributed by atoms with Crippen molar-refractivity contribution in [1.82, 2.24) is 0 Å². The van der Waals surface area contributed by atoms with Crippen LogP contribution in [0.3, 0.4) is 0 Å². The number of hydrogen-bond donors (Lipinski definition) is 7. The molecule has 674 valence electrons.